The maximum Gasteiger partial charge on any atom is 0.238 e. The molecular weight excluding hydrogens is 272 g/mol. The Balaban J connectivity index is 2.61. The Labute approximate surface area is 127 Å². The number of carbonyl (C=O) groups is 1. The molecule has 0 aliphatic rings. The molecule has 1 unspecified atom stereocenters. The number of likely N-dealkylation sites (N-methyl/N-ethyl adjacent to an activating group) is 1. The van der Waals surface area contributed by atoms with Gasteiger partial charge < -0.3 is 5.32 Å². The van der Waals surface area contributed by atoms with Crippen molar-refractivity contribution in [3.63, 3.8) is 0 Å². The summed E-state index contributed by atoms with van der Waals surface area (Å²) >= 11 is 6.05. The van der Waals surface area contributed by atoms with Crippen molar-refractivity contribution in [1.82, 2.24) is 4.90 Å². The SMILES string of the molecule is Cc1ccc(NC(=O)CN(C)C(C)C(C)(C)C)cc1Cl. The summed E-state index contributed by atoms with van der Waals surface area (Å²) in [6.45, 7) is 11.0. The minimum absolute atomic E-state index is 0.0245. The molecule has 112 valence electrons. The van der Waals surface area contributed by atoms with Gasteiger partial charge in [-0.05, 0) is 44.0 Å². The van der Waals surface area contributed by atoms with E-state index in [9.17, 15) is 4.79 Å². The zero-order valence-electron chi connectivity index (χ0n) is 13.2. The normalized spacial score (nSPS) is 13.4. The summed E-state index contributed by atoms with van der Waals surface area (Å²) < 4.78 is 0. The molecule has 1 aromatic rings. The highest BCUT2D eigenvalue weighted by molar-refractivity contribution is 6.31. The van der Waals surface area contributed by atoms with Crippen molar-refractivity contribution in [3.05, 3.63) is 28.8 Å². The largest absolute Gasteiger partial charge is 0.325 e. The number of amides is 1. The molecule has 3 nitrogen and oxygen atoms in total. The number of rotatable bonds is 4. The first-order valence-corrected chi connectivity index (χ1v) is 7.25. The topological polar surface area (TPSA) is 32.3 Å². The van der Waals surface area contributed by atoms with Crippen molar-refractivity contribution in [2.45, 2.75) is 40.7 Å². The van der Waals surface area contributed by atoms with E-state index in [1.54, 1.807) is 6.07 Å². The van der Waals surface area contributed by atoms with Crippen LogP contribution in [0, 0.1) is 12.3 Å². The van der Waals surface area contributed by atoms with Crippen molar-refractivity contribution in [3.8, 4) is 0 Å². The highest BCUT2D eigenvalue weighted by Crippen LogP contribution is 2.23. The Kier molecular flexibility index (Phi) is 5.60. The van der Waals surface area contributed by atoms with E-state index in [1.165, 1.54) is 0 Å². The minimum atomic E-state index is -0.0245. The van der Waals surface area contributed by atoms with Gasteiger partial charge in [0.15, 0.2) is 0 Å². The first-order valence-electron chi connectivity index (χ1n) is 6.87. The van der Waals surface area contributed by atoms with Crippen LogP contribution in [0.1, 0.15) is 33.3 Å². The van der Waals surface area contributed by atoms with Gasteiger partial charge in [0.1, 0.15) is 0 Å². The Morgan fingerprint density at radius 3 is 2.50 bits per heavy atom. The quantitative estimate of drug-likeness (QED) is 0.912. The van der Waals surface area contributed by atoms with Gasteiger partial charge in [-0.15, -0.1) is 0 Å². The van der Waals surface area contributed by atoms with Crippen LogP contribution >= 0.6 is 11.6 Å². The van der Waals surface area contributed by atoms with Crippen LogP contribution in [0.25, 0.3) is 0 Å². The fourth-order valence-corrected chi connectivity index (χ4v) is 2.08. The molecule has 0 saturated heterocycles. The van der Waals surface area contributed by atoms with Crippen molar-refractivity contribution in [2.75, 3.05) is 18.9 Å². The number of hydrogen-bond donors (Lipinski definition) is 1. The van der Waals surface area contributed by atoms with Gasteiger partial charge >= 0.3 is 0 Å². The summed E-state index contributed by atoms with van der Waals surface area (Å²) in [5.41, 5.74) is 1.88. The Bertz CT molecular complexity index is 480. The first-order chi connectivity index (χ1) is 9.11. The van der Waals surface area contributed by atoms with Crippen LogP contribution in [0.2, 0.25) is 5.02 Å². The standard InChI is InChI=1S/C16H25ClN2O/c1-11-7-8-13(9-14(11)17)18-15(20)10-19(6)12(2)16(3,4)5/h7-9,12H,10H2,1-6H3,(H,18,20). The molecule has 0 fully saturated rings. The molecule has 0 radical (unpaired) electrons. The summed E-state index contributed by atoms with van der Waals surface area (Å²) in [5.74, 6) is -0.0245. The third-order valence-electron chi connectivity index (χ3n) is 3.76. The van der Waals surface area contributed by atoms with Crippen molar-refractivity contribution >= 4 is 23.2 Å². The Morgan fingerprint density at radius 2 is 2.00 bits per heavy atom. The number of hydrogen-bond acceptors (Lipinski definition) is 2. The number of halogens is 1. The zero-order chi connectivity index (χ0) is 15.5. The number of nitrogens with one attached hydrogen (secondary N) is 1. The molecular formula is C16H25ClN2O. The highest BCUT2D eigenvalue weighted by Gasteiger charge is 2.24. The van der Waals surface area contributed by atoms with E-state index in [2.05, 4.69) is 37.9 Å². The lowest BCUT2D eigenvalue weighted by Crippen LogP contribution is -2.43. The van der Waals surface area contributed by atoms with Gasteiger partial charge in [0, 0.05) is 16.8 Å². The molecule has 1 aromatic carbocycles. The van der Waals surface area contributed by atoms with E-state index in [0.717, 1.165) is 11.3 Å². The number of benzene rings is 1. The summed E-state index contributed by atoms with van der Waals surface area (Å²) in [7, 11) is 1.97. The third kappa shape index (κ3) is 4.80. The fourth-order valence-electron chi connectivity index (χ4n) is 1.90. The van der Waals surface area contributed by atoms with Gasteiger partial charge in [0.2, 0.25) is 5.91 Å². The molecule has 0 spiro atoms. The van der Waals surface area contributed by atoms with E-state index in [-0.39, 0.29) is 11.3 Å². The summed E-state index contributed by atoms with van der Waals surface area (Å²) in [6.07, 6.45) is 0. The van der Waals surface area contributed by atoms with E-state index in [4.69, 9.17) is 11.6 Å². The second-order valence-corrected chi connectivity index (χ2v) is 6.88. The summed E-state index contributed by atoms with van der Waals surface area (Å²) in [4.78, 5) is 14.1. The lowest BCUT2D eigenvalue weighted by atomic mass is 9.87. The molecule has 0 heterocycles. The second-order valence-electron chi connectivity index (χ2n) is 6.47. The molecule has 1 N–H and O–H groups in total. The van der Waals surface area contributed by atoms with E-state index < -0.39 is 0 Å². The minimum Gasteiger partial charge on any atom is -0.325 e. The number of nitrogens with zero attached hydrogens (tertiary/aromatic N) is 1. The first kappa shape index (κ1) is 17.0. The highest BCUT2D eigenvalue weighted by atomic mass is 35.5. The molecule has 0 aliphatic carbocycles. The molecule has 0 saturated carbocycles. The van der Waals surface area contributed by atoms with Crippen LogP contribution < -0.4 is 5.32 Å². The molecule has 20 heavy (non-hydrogen) atoms. The number of anilines is 1. The van der Waals surface area contributed by atoms with Crippen LogP contribution in [0.15, 0.2) is 18.2 Å². The Hall–Kier alpha value is -1.06. The monoisotopic (exact) mass is 296 g/mol. The predicted octanol–water partition coefficient (Wildman–Crippen LogP) is 3.95. The van der Waals surface area contributed by atoms with Gasteiger partial charge in [-0.3, -0.25) is 9.69 Å². The van der Waals surface area contributed by atoms with E-state index in [0.29, 0.717) is 17.6 Å². The van der Waals surface area contributed by atoms with Crippen LogP contribution in [-0.4, -0.2) is 30.4 Å². The lowest BCUT2D eigenvalue weighted by molar-refractivity contribution is -0.117. The van der Waals surface area contributed by atoms with E-state index >= 15 is 0 Å². The van der Waals surface area contributed by atoms with Gasteiger partial charge in [-0.25, -0.2) is 0 Å². The van der Waals surface area contributed by atoms with Crippen molar-refractivity contribution in [1.29, 1.82) is 0 Å². The Morgan fingerprint density at radius 1 is 1.40 bits per heavy atom. The molecule has 0 aromatic heterocycles. The second kappa shape index (κ2) is 6.59. The smallest absolute Gasteiger partial charge is 0.238 e. The average Bonchev–Trinajstić information content (AvgIpc) is 2.31. The molecule has 4 heteroatoms. The number of carbonyl (C=O) groups excluding carboxylic acids is 1. The van der Waals surface area contributed by atoms with Crippen molar-refractivity contribution in [2.24, 2.45) is 5.41 Å². The van der Waals surface area contributed by atoms with Crippen LogP contribution in [0.3, 0.4) is 0 Å². The van der Waals surface area contributed by atoms with E-state index in [1.807, 2.05) is 26.1 Å². The van der Waals surface area contributed by atoms with Gasteiger partial charge in [-0.2, -0.15) is 0 Å². The van der Waals surface area contributed by atoms with Crippen molar-refractivity contribution < 1.29 is 4.79 Å². The van der Waals surface area contributed by atoms with Crippen LogP contribution in [0.5, 0.6) is 0 Å². The predicted molar refractivity (Wildman–Crippen MR) is 86.4 cm³/mol. The van der Waals surface area contributed by atoms with Crippen LogP contribution in [-0.2, 0) is 4.79 Å². The number of aryl methyl sites for hydroxylation is 1. The zero-order valence-corrected chi connectivity index (χ0v) is 14.0. The average molecular weight is 297 g/mol. The maximum atomic E-state index is 12.1. The molecule has 1 atom stereocenters. The fraction of sp³-hybridized carbons (Fsp3) is 0.562. The third-order valence-corrected chi connectivity index (χ3v) is 4.17. The van der Waals surface area contributed by atoms with Gasteiger partial charge in [0.05, 0.1) is 6.54 Å². The van der Waals surface area contributed by atoms with Crippen LogP contribution in [0.4, 0.5) is 5.69 Å². The maximum absolute atomic E-state index is 12.1. The molecule has 1 amide bonds. The van der Waals surface area contributed by atoms with Gasteiger partial charge in [-0.1, -0.05) is 38.4 Å². The van der Waals surface area contributed by atoms with Gasteiger partial charge in [0.25, 0.3) is 0 Å². The molecule has 0 aliphatic heterocycles. The summed E-state index contributed by atoms with van der Waals surface area (Å²) in [5, 5.41) is 3.55. The lowest BCUT2D eigenvalue weighted by Gasteiger charge is -2.34. The summed E-state index contributed by atoms with van der Waals surface area (Å²) in [6, 6.07) is 5.86. The molecule has 1 rings (SSSR count). The molecule has 0 bridgehead atoms.